The first kappa shape index (κ1) is 20.2. The average molecular weight is 428 g/mol. The molecule has 1 aliphatic carbocycles. The quantitative estimate of drug-likeness (QED) is 0.642. The molecule has 6 heteroatoms. The van der Waals surface area contributed by atoms with E-state index in [0.717, 1.165) is 46.7 Å². The number of nitrogens with zero attached hydrogens (tertiary/aromatic N) is 1. The maximum atomic E-state index is 13.3. The minimum absolute atomic E-state index is 0.127. The van der Waals surface area contributed by atoms with Crippen LogP contribution in [0.5, 0.6) is 11.5 Å². The number of carbonyl (C=O) groups excluding carboxylic acids is 2. The minimum atomic E-state index is -0.447. The second-order valence-corrected chi connectivity index (χ2v) is 8.35. The number of amides is 1. The number of ketones is 1. The predicted octanol–water partition coefficient (Wildman–Crippen LogP) is 3.99. The Labute approximate surface area is 186 Å². The van der Waals surface area contributed by atoms with Crippen molar-refractivity contribution in [1.82, 2.24) is 10.3 Å². The molecule has 1 aliphatic heterocycles. The highest BCUT2D eigenvalue weighted by atomic mass is 16.7. The molecule has 32 heavy (non-hydrogen) atoms. The molecule has 0 spiro atoms. The number of pyridine rings is 1. The number of hydrogen-bond acceptors (Lipinski definition) is 5. The van der Waals surface area contributed by atoms with Crippen LogP contribution >= 0.6 is 0 Å². The Hall–Kier alpha value is -3.67. The van der Waals surface area contributed by atoms with Gasteiger partial charge in [-0.15, -0.1) is 0 Å². The molecule has 2 aromatic carbocycles. The summed E-state index contributed by atoms with van der Waals surface area (Å²) in [6.07, 6.45) is 1.97. The number of ether oxygens (including phenoxy) is 2. The highest BCUT2D eigenvalue weighted by Crippen LogP contribution is 2.51. The van der Waals surface area contributed by atoms with Gasteiger partial charge in [0.2, 0.25) is 6.79 Å². The number of Topliss-reactive ketones (excluding diaryl/α,β-unsaturated/α-hetero) is 1. The van der Waals surface area contributed by atoms with Crippen molar-refractivity contribution in [3.8, 4) is 22.6 Å². The van der Waals surface area contributed by atoms with Gasteiger partial charge in [-0.1, -0.05) is 24.3 Å². The molecule has 0 bridgehead atoms. The molecule has 1 saturated carbocycles. The molecule has 3 aromatic rings. The van der Waals surface area contributed by atoms with Gasteiger partial charge in [0, 0.05) is 36.0 Å². The van der Waals surface area contributed by atoms with Crippen molar-refractivity contribution >= 4 is 11.7 Å². The number of fused-ring (bicyclic) bond motifs is 1. The summed E-state index contributed by atoms with van der Waals surface area (Å²) >= 11 is 0. The van der Waals surface area contributed by atoms with Crippen LogP contribution in [-0.2, 0) is 16.6 Å². The second-order valence-electron chi connectivity index (χ2n) is 8.35. The van der Waals surface area contributed by atoms with Crippen LogP contribution in [0.25, 0.3) is 11.1 Å². The van der Waals surface area contributed by atoms with Gasteiger partial charge in [-0.25, -0.2) is 0 Å². The summed E-state index contributed by atoms with van der Waals surface area (Å²) in [7, 11) is 1.61. The van der Waals surface area contributed by atoms with E-state index in [4.69, 9.17) is 14.5 Å². The third-order valence-corrected chi connectivity index (χ3v) is 6.36. The molecule has 2 heterocycles. The Balaban J connectivity index is 1.36. The van der Waals surface area contributed by atoms with Gasteiger partial charge in [0.1, 0.15) is 5.78 Å². The summed E-state index contributed by atoms with van der Waals surface area (Å²) in [5.41, 5.74) is 4.60. The fourth-order valence-corrected chi connectivity index (χ4v) is 4.37. The van der Waals surface area contributed by atoms with Crippen molar-refractivity contribution in [2.45, 2.75) is 31.6 Å². The monoisotopic (exact) mass is 428 g/mol. The molecule has 1 fully saturated rings. The third-order valence-electron chi connectivity index (χ3n) is 6.36. The van der Waals surface area contributed by atoms with E-state index < -0.39 is 5.41 Å². The zero-order valence-corrected chi connectivity index (χ0v) is 18.1. The molecule has 0 radical (unpaired) electrons. The Morgan fingerprint density at radius 2 is 1.84 bits per heavy atom. The number of nitrogens with one attached hydrogen (secondary N) is 1. The minimum Gasteiger partial charge on any atom is -0.454 e. The Bertz CT molecular complexity index is 1230. The van der Waals surface area contributed by atoms with Crippen LogP contribution in [0.2, 0.25) is 0 Å². The van der Waals surface area contributed by atoms with Crippen LogP contribution < -0.4 is 14.8 Å². The van der Waals surface area contributed by atoms with Crippen molar-refractivity contribution in [2.75, 3.05) is 13.8 Å². The molecule has 0 atom stereocenters. The van der Waals surface area contributed by atoms with Crippen molar-refractivity contribution in [3.05, 3.63) is 77.1 Å². The van der Waals surface area contributed by atoms with E-state index in [0.29, 0.717) is 11.3 Å². The molecule has 1 N–H and O–H groups in total. The lowest BCUT2D eigenvalue weighted by Crippen LogP contribution is -2.23. The zero-order chi connectivity index (χ0) is 22.3. The summed E-state index contributed by atoms with van der Waals surface area (Å²) in [5, 5.41) is 2.65. The van der Waals surface area contributed by atoms with E-state index in [1.54, 1.807) is 13.1 Å². The van der Waals surface area contributed by atoms with Crippen LogP contribution in [0.4, 0.5) is 0 Å². The summed E-state index contributed by atoms with van der Waals surface area (Å²) in [6.45, 7) is 2.15. The molecule has 162 valence electrons. The molecule has 0 saturated heterocycles. The first-order chi connectivity index (χ1) is 15.5. The fraction of sp³-hybridized carbons (Fsp3) is 0.269. The SMILES string of the molecule is CNC(=O)c1cccc(-c2ccc(CC(=O)C3(c4ccc5c(c4)OCO5)CC3)nc2C)c1. The summed E-state index contributed by atoms with van der Waals surface area (Å²) in [5.74, 6) is 1.49. The van der Waals surface area contributed by atoms with Crippen molar-refractivity contribution < 1.29 is 19.1 Å². The molecule has 0 unspecified atom stereocenters. The fourth-order valence-electron chi connectivity index (χ4n) is 4.37. The van der Waals surface area contributed by atoms with Gasteiger partial charge in [-0.3, -0.25) is 14.6 Å². The average Bonchev–Trinajstić information content (AvgIpc) is 3.49. The predicted molar refractivity (Wildman–Crippen MR) is 120 cm³/mol. The van der Waals surface area contributed by atoms with Gasteiger partial charge in [0.15, 0.2) is 11.5 Å². The highest BCUT2D eigenvalue weighted by Gasteiger charge is 2.51. The van der Waals surface area contributed by atoms with Gasteiger partial charge >= 0.3 is 0 Å². The number of aryl methyl sites for hydroxylation is 1. The van der Waals surface area contributed by atoms with Crippen LogP contribution in [0, 0.1) is 6.92 Å². The molecule has 1 aromatic heterocycles. The Kier molecular flexibility index (Phi) is 4.93. The number of rotatable bonds is 6. The second kappa shape index (κ2) is 7.79. The number of carbonyl (C=O) groups is 2. The molecule has 2 aliphatic rings. The van der Waals surface area contributed by atoms with Crippen LogP contribution in [0.15, 0.2) is 54.6 Å². The highest BCUT2D eigenvalue weighted by molar-refractivity contribution is 5.96. The van der Waals surface area contributed by atoms with Crippen molar-refractivity contribution in [1.29, 1.82) is 0 Å². The van der Waals surface area contributed by atoms with Crippen molar-refractivity contribution in [2.24, 2.45) is 0 Å². The molecule has 1 amide bonds. The lowest BCUT2D eigenvalue weighted by atomic mass is 9.88. The third kappa shape index (κ3) is 3.51. The molecule has 6 nitrogen and oxygen atoms in total. The van der Waals surface area contributed by atoms with Gasteiger partial charge in [-0.05, 0) is 61.2 Å². The number of benzene rings is 2. The van der Waals surface area contributed by atoms with E-state index in [1.807, 2.05) is 55.5 Å². The van der Waals surface area contributed by atoms with E-state index in [9.17, 15) is 9.59 Å². The zero-order valence-electron chi connectivity index (χ0n) is 18.1. The van der Waals surface area contributed by atoms with E-state index in [-0.39, 0.29) is 24.9 Å². The van der Waals surface area contributed by atoms with Crippen molar-refractivity contribution in [3.63, 3.8) is 0 Å². The molecule has 5 rings (SSSR count). The lowest BCUT2D eigenvalue weighted by Gasteiger charge is -2.16. The van der Waals surface area contributed by atoms with Crippen LogP contribution in [0.3, 0.4) is 0 Å². The van der Waals surface area contributed by atoms with Crippen LogP contribution in [-0.4, -0.2) is 30.5 Å². The summed E-state index contributed by atoms with van der Waals surface area (Å²) < 4.78 is 10.9. The van der Waals surface area contributed by atoms with Crippen LogP contribution in [0.1, 0.15) is 40.2 Å². The number of hydrogen-bond donors (Lipinski definition) is 1. The maximum absolute atomic E-state index is 13.3. The normalized spacial score (nSPS) is 15.3. The Morgan fingerprint density at radius 3 is 2.59 bits per heavy atom. The van der Waals surface area contributed by atoms with Gasteiger partial charge in [0.25, 0.3) is 5.91 Å². The lowest BCUT2D eigenvalue weighted by molar-refractivity contribution is -0.120. The molecular weight excluding hydrogens is 404 g/mol. The van der Waals surface area contributed by atoms with E-state index in [1.165, 1.54) is 0 Å². The van der Waals surface area contributed by atoms with Gasteiger partial charge < -0.3 is 14.8 Å². The topological polar surface area (TPSA) is 77.5 Å². The maximum Gasteiger partial charge on any atom is 0.251 e. The van der Waals surface area contributed by atoms with E-state index in [2.05, 4.69) is 5.32 Å². The first-order valence-corrected chi connectivity index (χ1v) is 10.7. The largest absolute Gasteiger partial charge is 0.454 e. The summed E-state index contributed by atoms with van der Waals surface area (Å²) in [6, 6.07) is 17.1. The molecular formula is C26H24N2O4. The first-order valence-electron chi connectivity index (χ1n) is 10.7. The van der Waals surface area contributed by atoms with Gasteiger partial charge in [-0.2, -0.15) is 0 Å². The Morgan fingerprint density at radius 1 is 1.03 bits per heavy atom. The summed E-state index contributed by atoms with van der Waals surface area (Å²) in [4.78, 5) is 29.9. The van der Waals surface area contributed by atoms with E-state index >= 15 is 0 Å². The van der Waals surface area contributed by atoms with Gasteiger partial charge in [0.05, 0.1) is 5.41 Å². The smallest absolute Gasteiger partial charge is 0.251 e. The number of aromatic nitrogens is 1. The standard InChI is InChI=1S/C26H24N2O4/c1-16-21(17-4-3-5-18(12-17)25(30)27-2)8-7-20(28-16)14-24(29)26(10-11-26)19-6-9-22-23(13-19)32-15-31-22/h3-9,12-13H,10-11,14-15H2,1-2H3,(H,27,30).